The fraction of sp³-hybridized carbons (Fsp3) is 0.500. The Bertz CT molecular complexity index is 478. The lowest BCUT2D eigenvalue weighted by Crippen LogP contribution is -2.33. The molecule has 0 fully saturated rings. The van der Waals surface area contributed by atoms with Crippen LogP contribution in [-0.2, 0) is 4.74 Å². The van der Waals surface area contributed by atoms with E-state index in [4.69, 9.17) is 4.74 Å². The van der Waals surface area contributed by atoms with Crippen LogP contribution in [-0.4, -0.2) is 23.7 Å². The Kier molecular flexibility index (Phi) is 4.77. The summed E-state index contributed by atoms with van der Waals surface area (Å²) in [6, 6.07) is 1.65. The molecule has 0 radical (unpaired) electrons. The van der Waals surface area contributed by atoms with Crippen LogP contribution in [0.3, 0.4) is 0 Å². The van der Waals surface area contributed by atoms with E-state index in [1.54, 1.807) is 20.8 Å². The molecule has 0 aliphatic carbocycles. The van der Waals surface area contributed by atoms with Gasteiger partial charge in [0.05, 0.1) is 10.5 Å². The zero-order chi connectivity index (χ0) is 14.6. The Balaban J connectivity index is 2.99. The molecule has 5 nitrogen and oxygen atoms in total. The molecule has 0 spiro atoms. The van der Waals surface area contributed by atoms with Gasteiger partial charge in [0.1, 0.15) is 0 Å². The highest BCUT2D eigenvalue weighted by molar-refractivity contribution is 5.62. The zero-order valence-electron chi connectivity index (χ0n) is 11.0. The van der Waals surface area contributed by atoms with Crippen molar-refractivity contribution in [3.8, 4) is 0 Å². The van der Waals surface area contributed by atoms with Crippen LogP contribution in [0.1, 0.15) is 20.8 Å². The molecule has 0 saturated heterocycles. The van der Waals surface area contributed by atoms with Crippen molar-refractivity contribution in [3.63, 3.8) is 0 Å². The first-order valence-electron chi connectivity index (χ1n) is 5.78. The molecule has 0 unspecified atom stereocenters. The van der Waals surface area contributed by atoms with Gasteiger partial charge < -0.3 is 10.1 Å². The largest absolute Gasteiger partial charge is 0.374 e. The second-order valence-electron chi connectivity index (χ2n) is 4.56. The van der Waals surface area contributed by atoms with Gasteiger partial charge in [-0.25, -0.2) is 8.78 Å². The van der Waals surface area contributed by atoms with Crippen molar-refractivity contribution in [3.05, 3.63) is 33.9 Å². The Hall–Kier alpha value is -1.76. The third-order valence-electron chi connectivity index (χ3n) is 2.50. The number of rotatable bonds is 6. The normalized spacial score (nSPS) is 11.4. The van der Waals surface area contributed by atoms with E-state index in [0.717, 1.165) is 12.1 Å². The topological polar surface area (TPSA) is 64.4 Å². The van der Waals surface area contributed by atoms with Crippen LogP contribution in [0.25, 0.3) is 0 Å². The number of ether oxygens (including phenoxy) is 1. The molecule has 0 heterocycles. The summed E-state index contributed by atoms with van der Waals surface area (Å²) in [7, 11) is 0. The summed E-state index contributed by atoms with van der Waals surface area (Å²) in [4.78, 5) is 10.0. The van der Waals surface area contributed by atoms with Gasteiger partial charge in [-0.1, -0.05) is 0 Å². The third kappa shape index (κ3) is 3.85. The number of anilines is 1. The molecule has 0 atom stereocenters. The molecule has 1 aromatic carbocycles. The van der Waals surface area contributed by atoms with E-state index in [2.05, 4.69) is 5.32 Å². The predicted molar refractivity (Wildman–Crippen MR) is 67.2 cm³/mol. The lowest BCUT2D eigenvalue weighted by molar-refractivity contribution is -0.384. The summed E-state index contributed by atoms with van der Waals surface area (Å²) in [5.74, 6) is -2.40. The summed E-state index contributed by atoms with van der Waals surface area (Å²) in [5.41, 5.74) is -1.62. The lowest BCUT2D eigenvalue weighted by Gasteiger charge is -2.25. The highest BCUT2D eigenvalue weighted by Crippen LogP contribution is 2.29. The first-order valence-corrected chi connectivity index (χ1v) is 5.78. The van der Waals surface area contributed by atoms with Gasteiger partial charge in [-0.2, -0.15) is 0 Å². The van der Waals surface area contributed by atoms with Gasteiger partial charge in [-0.15, -0.1) is 0 Å². The predicted octanol–water partition coefficient (Wildman–Crippen LogP) is 3.10. The summed E-state index contributed by atoms with van der Waals surface area (Å²) < 4.78 is 32.1. The molecular formula is C12H16F2N2O3. The molecule has 0 saturated carbocycles. The average molecular weight is 274 g/mol. The van der Waals surface area contributed by atoms with E-state index < -0.39 is 33.5 Å². The van der Waals surface area contributed by atoms with Crippen LogP contribution in [0.15, 0.2) is 12.1 Å². The monoisotopic (exact) mass is 274 g/mol. The molecule has 1 aromatic rings. The first kappa shape index (κ1) is 15.3. The van der Waals surface area contributed by atoms with Crippen LogP contribution in [0.4, 0.5) is 20.2 Å². The first-order chi connectivity index (χ1) is 8.78. The molecule has 1 N–H and O–H groups in total. The standard InChI is InChI=1S/C12H16F2N2O3/c1-4-19-12(2,3)7-15-11-9(16(17)18)6-5-8(13)10(11)14/h5-6,15H,4,7H2,1-3H3. The number of hydrogen-bond acceptors (Lipinski definition) is 4. The van der Waals surface area contributed by atoms with E-state index >= 15 is 0 Å². The van der Waals surface area contributed by atoms with Crippen molar-refractivity contribution in [2.75, 3.05) is 18.5 Å². The van der Waals surface area contributed by atoms with Gasteiger partial charge in [0.25, 0.3) is 5.69 Å². The number of halogens is 2. The summed E-state index contributed by atoms with van der Waals surface area (Å²) >= 11 is 0. The molecular weight excluding hydrogens is 258 g/mol. The quantitative estimate of drug-likeness (QED) is 0.639. The molecule has 106 valence electrons. The van der Waals surface area contributed by atoms with E-state index in [9.17, 15) is 18.9 Å². The van der Waals surface area contributed by atoms with Crippen LogP contribution >= 0.6 is 0 Å². The number of hydrogen-bond donors (Lipinski definition) is 1. The number of nitro benzene ring substituents is 1. The van der Waals surface area contributed by atoms with Crippen molar-refractivity contribution in [1.29, 1.82) is 0 Å². The van der Waals surface area contributed by atoms with E-state index in [1.165, 1.54) is 0 Å². The maximum atomic E-state index is 13.6. The maximum absolute atomic E-state index is 13.6. The second kappa shape index (κ2) is 5.92. The van der Waals surface area contributed by atoms with E-state index in [0.29, 0.717) is 6.61 Å². The Labute approximate surface area is 109 Å². The fourth-order valence-corrected chi connectivity index (χ4v) is 1.60. The van der Waals surface area contributed by atoms with E-state index in [1.807, 2.05) is 0 Å². The van der Waals surface area contributed by atoms with E-state index in [-0.39, 0.29) is 6.54 Å². The Morgan fingerprint density at radius 3 is 2.58 bits per heavy atom. The van der Waals surface area contributed by atoms with Crippen LogP contribution in [0, 0.1) is 21.7 Å². The lowest BCUT2D eigenvalue weighted by atomic mass is 10.1. The molecule has 19 heavy (non-hydrogen) atoms. The van der Waals surface area contributed by atoms with Crippen LogP contribution < -0.4 is 5.32 Å². The fourth-order valence-electron chi connectivity index (χ4n) is 1.60. The summed E-state index contributed by atoms with van der Waals surface area (Å²) in [6.07, 6.45) is 0. The van der Waals surface area contributed by atoms with Gasteiger partial charge in [0, 0.05) is 19.2 Å². The summed E-state index contributed by atoms with van der Waals surface area (Å²) in [5, 5.41) is 13.3. The molecule has 0 amide bonds. The minimum absolute atomic E-state index is 0.113. The maximum Gasteiger partial charge on any atom is 0.295 e. The molecule has 0 aliphatic heterocycles. The number of nitro groups is 1. The number of nitrogens with one attached hydrogen (secondary N) is 1. The minimum Gasteiger partial charge on any atom is -0.374 e. The van der Waals surface area contributed by atoms with Crippen LogP contribution in [0.5, 0.6) is 0 Å². The zero-order valence-corrected chi connectivity index (χ0v) is 11.0. The van der Waals surface area contributed by atoms with Gasteiger partial charge in [0.2, 0.25) is 0 Å². The van der Waals surface area contributed by atoms with Crippen molar-refractivity contribution in [2.45, 2.75) is 26.4 Å². The Morgan fingerprint density at radius 1 is 1.42 bits per heavy atom. The highest BCUT2D eigenvalue weighted by atomic mass is 19.2. The smallest absolute Gasteiger partial charge is 0.295 e. The molecule has 7 heteroatoms. The van der Waals surface area contributed by atoms with Crippen molar-refractivity contribution < 1.29 is 18.4 Å². The number of benzene rings is 1. The second-order valence-corrected chi connectivity index (χ2v) is 4.56. The van der Waals surface area contributed by atoms with Crippen molar-refractivity contribution in [2.24, 2.45) is 0 Å². The summed E-state index contributed by atoms with van der Waals surface area (Å²) in [6.45, 7) is 5.84. The Morgan fingerprint density at radius 2 is 2.05 bits per heavy atom. The van der Waals surface area contributed by atoms with Crippen LogP contribution in [0.2, 0.25) is 0 Å². The van der Waals surface area contributed by atoms with Gasteiger partial charge in [-0.05, 0) is 26.8 Å². The van der Waals surface area contributed by atoms with Gasteiger partial charge >= 0.3 is 0 Å². The molecule has 0 aliphatic rings. The molecule has 0 aromatic heterocycles. The SMILES string of the molecule is CCOC(C)(C)CNc1c([N+](=O)[O-])ccc(F)c1F. The molecule has 1 rings (SSSR count). The number of nitrogens with zero attached hydrogens (tertiary/aromatic N) is 1. The van der Waals surface area contributed by atoms with Gasteiger partial charge in [-0.3, -0.25) is 10.1 Å². The molecule has 0 bridgehead atoms. The highest BCUT2D eigenvalue weighted by Gasteiger charge is 2.24. The average Bonchev–Trinajstić information content (AvgIpc) is 2.30. The minimum atomic E-state index is -1.26. The third-order valence-corrected chi connectivity index (χ3v) is 2.50. The van der Waals surface area contributed by atoms with Crippen molar-refractivity contribution in [1.82, 2.24) is 0 Å². The van der Waals surface area contributed by atoms with Crippen molar-refractivity contribution >= 4 is 11.4 Å². The van der Waals surface area contributed by atoms with Gasteiger partial charge in [0.15, 0.2) is 17.3 Å².